The smallest absolute Gasteiger partial charge is 0.224 e. The molecule has 0 aliphatic rings. The molecule has 3 rings (SSSR count). The highest BCUT2D eigenvalue weighted by Crippen LogP contribution is 2.20. The average Bonchev–Trinajstić information content (AvgIpc) is 2.69. The first-order valence-electron chi connectivity index (χ1n) is 9.36. The fourth-order valence-corrected chi connectivity index (χ4v) is 3.22. The van der Waals surface area contributed by atoms with E-state index in [4.69, 9.17) is 0 Å². The molecule has 0 radical (unpaired) electrons. The van der Waals surface area contributed by atoms with Gasteiger partial charge in [-0.15, -0.1) is 0 Å². The summed E-state index contributed by atoms with van der Waals surface area (Å²) in [6.07, 6.45) is 0.318. The number of halogens is 1. The lowest BCUT2D eigenvalue weighted by molar-refractivity contribution is -0.120. The summed E-state index contributed by atoms with van der Waals surface area (Å²) < 4.78 is 13.5. The van der Waals surface area contributed by atoms with Crippen LogP contribution in [0.25, 0.3) is 11.1 Å². The molecule has 0 saturated carbocycles. The van der Waals surface area contributed by atoms with Crippen molar-refractivity contribution in [1.29, 1.82) is 0 Å². The number of likely N-dealkylation sites (N-methyl/N-ethyl adjacent to an activating group) is 1. The Balaban J connectivity index is 1.59. The molecule has 0 heterocycles. The van der Waals surface area contributed by atoms with Gasteiger partial charge in [-0.2, -0.15) is 0 Å². The second kappa shape index (κ2) is 9.29. The van der Waals surface area contributed by atoms with Crippen molar-refractivity contribution in [2.75, 3.05) is 20.6 Å². The Morgan fingerprint density at radius 3 is 2.25 bits per heavy atom. The Hall–Kier alpha value is -2.98. The predicted molar refractivity (Wildman–Crippen MR) is 111 cm³/mol. The number of carbonyl (C=O) groups is 1. The molecular weight excluding hydrogens is 351 g/mol. The third-order valence-electron chi connectivity index (χ3n) is 4.78. The van der Waals surface area contributed by atoms with Crippen molar-refractivity contribution in [3.8, 4) is 11.1 Å². The molecule has 3 aromatic carbocycles. The molecule has 4 heteroatoms. The predicted octanol–water partition coefficient (Wildman–Crippen LogP) is 4.45. The quantitative estimate of drug-likeness (QED) is 0.661. The summed E-state index contributed by atoms with van der Waals surface area (Å²) in [5, 5.41) is 2.97. The summed E-state index contributed by atoms with van der Waals surface area (Å²) in [5.74, 6) is -0.315. The number of nitrogens with zero attached hydrogens (tertiary/aromatic N) is 1. The van der Waals surface area contributed by atoms with Gasteiger partial charge in [-0.3, -0.25) is 4.79 Å². The lowest BCUT2D eigenvalue weighted by atomic mass is 10.0. The van der Waals surface area contributed by atoms with Crippen molar-refractivity contribution in [1.82, 2.24) is 10.2 Å². The summed E-state index contributed by atoms with van der Waals surface area (Å²) in [6, 6.07) is 24.6. The van der Waals surface area contributed by atoms with E-state index in [-0.39, 0.29) is 17.8 Å². The molecule has 0 spiro atoms. The van der Waals surface area contributed by atoms with Gasteiger partial charge in [0.05, 0.1) is 12.5 Å². The fourth-order valence-electron chi connectivity index (χ4n) is 3.22. The molecule has 0 bridgehead atoms. The van der Waals surface area contributed by atoms with E-state index in [9.17, 15) is 9.18 Å². The number of amides is 1. The maximum atomic E-state index is 13.5. The third kappa shape index (κ3) is 5.27. The first-order valence-corrected chi connectivity index (χ1v) is 9.36. The van der Waals surface area contributed by atoms with Crippen LogP contribution in [0.3, 0.4) is 0 Å². The molecule has 1 unspecified atom stereocenters. The van der Waals surface area contributed by atoms with Crippen molar-refractivity contribution in [2.45, 2.75) is 12.5 Å². The van der Waals surface area contributed by atoms with Crippen LogP contribution in [0, 0.1) is 5.82 Å². The van der Waals surface area contributed by atoms with Crippen LogP contribution >= 0.6 is 0 Å². The van der Waals surface area contributed by atoms with E-state index in [1.807, 2.05) is 67.5 Å². The molecule has 0 fully saturated rings. The van der Waals surface area contributed by atoms with Crippen LogP contribution in [-0.2, 0) is 11.2 Å². The number of rotatable bonds is 7. The van der Waals surface area contributed by atoms with Gasteiger partial charge in [0, 0.05) is 6.54 Å². The van der Waals surface area contributed by atoms with E-state index in [0.29, 0.717) is 13.0 Å². The highest BCUT2D eigenvalue weighted by molar-refractivity contribution is 5.79. The molecule has 1 N–H and O–H groups in total. The van der Waals surface area contributed by atoms with Gasteiger partial charge in [-0.1, -0.05) is 66.7 Å². The second-order valence-electron chi connectivity index (χ2n) is 7.08. The zero-order valence-electron chi connectivity index (χ0n) is 16.2. The average molecular weight is 376 g/mol. The molecule has 3 aromatic rings. The zero-order valence-corrected chi connectivity index (χ0v) is 16.2. The first kappa shape index (κ1) is 19.8. The van der Waals surface area contributed by atoms with Crippen LogP contribution in [0.15, 0.2) is 78.9 Å². The number of hydrogen-bond donors (Lipinski definition) is 1. The summed E-state index contributed by atoms with van der Waals surface area (Å²) >= 11 is 0. The maximum Gasteiger partial charge on any atom is 0.224 e. The minimum Gasteiger partial charge on any atom is -0.354 e. The molecule has 0 saturated heterocycles. The van der Waals surface area contributed by atoms with Crippen LogP contribution in [0.5, 0.6) is 0 Å². The monoisotopic (exact) mass is 376 g/mol. The van der Waals surface area contributed by atoms with Crippen LogP contribution in [0.1, 0.15) is 17.2 Å². The van der Waals surface area contributed by atoms with Gasteiger partial charge in [0.2, 0.25) is 5.91 Å². The standard InChI is InChI=1S/C24H25FN2O/c1-27(2)23(21-9-6-10-22(25)16-21)17-26-24(28)15-18-11-13-20(14-12-18)19-7-4-3-5-8-19/h3-14,16,23H,15,17H2,1-2H3,(H,26,28). The van der Waals surface area contributed by atoms with E-state index >= 15 is 0 Å². The van der Waals surface area contributed by atoms with Crippen LogP contribution in [-0.4, -0.2) is 31.4 Å². The van der Waals surface area contributed by atoms with Gasteiger partial charge in [0.25, 0.3) is 0 Å². The lowest BCUT2D eigenvalue weighted by Gasteiger charge is -2.25. The lowest BCUT2D eigenvalue weighted by Crippen LogP contribution is -2.35. The molecule has 0 aliphatic heterocycles. The van der Waals surface area contributed by atoms with E-state index in [1.165, 1.54) is 12.1 Å². The molecular formula is C24H25FN2O. The van der Waals surface area contributed by atoms with Crippen molar-refractivity contribution in [2.24, 2.45) is 0 Å². The zero-order chi connectivity index (χ0) is 19.9. The highest BCUT2D eigenvalue weighted by Gasteiger charge is 2.16. The van der Waals surface area contributed by atoms with Gasteiger partial charge in [-0.25, -0.2) is 4.39 Å². The van der Waals surface area contributed by atoms with Gasteiger partial charge >= 0.3 is 0 Å². The number of nitrogens with one attached hydrogen (secondary N) is 1. The van der Waals surface area contributed by atoms with Crippen molar-refractivity contribution < 1.29 is 9.18 Å². The van der Waals surface area contributed by atoms with Gasteiger partial charge < -0.3 is 10.2 Å². The molecule has 0 aliphatic carbocycles. The van der Waals surface area contributed by atoms with Crippen LogP contribution in [0.2, 0.25) is 0 Å². The summed E-state index contributed by atoms with van der Waals surface area (Å²) in [5.41, 5.74) is 4.09. The van der Waals surface area contributed by atoms with E-state index in [1.54, 1.807) is 6.07 Å². The fraction of sp³-hybridized carbons (Fsp3) is 0.208. The summed E-state index contributed by atoms with van der Waals surface area (Å²) in [4.78, 5) is 14.4. The van der Waals surface area contributed by atoms with Crippen molar-refractivity contribution in [3.63, 3.8) is 0 Å². The Kier molecular flexibility index (Phi) is 6.56. The molecule has 0 aromatic heterocycles. The Bertz CT molecular complexity index is 907. The molecule has 28 heavy (non-hydrogen) atoms. The highest BCUT2D eigenvalue weighted by atomic mass is 19.1. The van der Waals surface area contributed by atoms with E-state index in [0.717, 1.165) is 22.3 Å². The Labute approximate surface area is 165 Å². The number of carbonyl (C=O) groups excluding carboxylic acids is 1. The van der Waals surface area contributed by atoms with Gasteiger partial charge in [0.1, 0.15) is 5.82 Å². The molecule has 144 valence electrons. The van der Waals surface area contributed by atoms with Gasteiger partial charge in [-0.05, 0) is 48.5 Å². The summed E-state index contributed by atoms with van der Waals surface area (Å²) in [7, 11) is 3.84. The normalized spacial score (nSPS) is 12.0. The summed E-state index contributed by atoms with van der Waals surface area (Å²) in [6.45, 7) is 0.428. The van der Waals surface area contributed by atoms with E-state index in [2.05, 4.69) is 17.4 Å². The van der Waals surface area contributed by atoms with Crippen molar-refractivity contribution >= 4 is 5.91 Å². The second-order valence-corrected chi connectivity index (χ2v) is 7.08. The molecule has 1 atom stereocenters. The Morgan fingerprint density at radius 2 is 1.61 bits per heavy atom. The molecule has 1 amide bonds. The molecule has 3 nitrogen and oxygen atoms in total. The number of hydrogen-bond acceptors (Lipinski definition) is 2. The largest absolute Gasteiger partial charge is 0.354 e. The topological polar surface area (TPSA) is 32.3 Å². The van der Waals surface area contributed by atoms with Crippen molar-refractivity contribution in [3.05, 3.63) is 95.8 Å². The SMILES string of the molecule is CN(C)C(CNC(=O)Cc1ccc(-c2ccccc2)cc1)c1cccc(F)c1. The van der Waals surface area contributed by atoms with E-state index < -0.39 is 0 Å². The van der Waals surface area contributed by atoms with Gasteiger partial charge in [0.15, 0.2) is 0 Å². The Morgan fingerprint density at radius 1 is 0.929 bits per heavy atom. The third-order valence-corrected chi connectivity index (χ3v) is 4.78. The van der Waals surface area contributed by atoms with Crippen LogP contribution in [0.4, 0.5) is 4.39 Å². The van der Waals surface area contributed by atoms with Crippen LogP contribution < -0.4 is 5.32 Å². The first-order chi connectivity index (χ1) is 13.5. The minimum atomic E-state index is -0.269. The minimum absolute atomic E-state index is 0.0456. The maximum absolute atomic E-state index is 13.5. The number of benzene rings is 3.